The number of fused-ring (bicyclic) bond motifs is 1. The predicted molar refractivity (Wildman–Crippen MR) is 113 cm³/mol. The normalized spacial score (nSPS) is 12.9. The van der Waals surface area contributed by atoms with E-state index in [1.54, 1.807) is 24.0 Å². The Morgan fingerprint density at radius 1 is 1.03 bits per heavy atom. The average molecular weight is 396 g/mol. The number of carbonyl (C=O) groups excluding carboxylic acids is 2. The fourth-order valence-corrected chi connectivity index (χ4v) is 3.91. The van der Waals surface area contributed by atoms with E-state index < -0.39 is 0 Å². The van der Waals surface area contributed by atoms with Gasteiger partial charge in [-0.25, -0.2) is 0 Å². The maximum Gasteiger partial charge on any atom is 0.242 e. The second-order valence-corrected chi connectivity index (χ2v) is 7.39. The van der Waals surface area contributed by atoms with Crippen LogP contribution in [0.15, 0.2) is 30.3 Å². The van der Waals surface area contributed by atoms with Crippen LogP contribution in [0.1, 0.15) is 29.2 Å². The van der Waals surface area contributed by atoms with E-state index in [-0.39, 0.29) is 18.4 Å². The summed E-state index contributed by atoms with van der Waals surface area (Å²) >= 11 is 0. The van der Waals surface area contributed by atoms with Crippen LogP contribution in [0.5, 0.6) is 11.5 Å². The summed E-state index contributed by atoms with van der Waals surface area (Å²) in [4.78, 5) is 28.8. The Balaban J connectivity index is 1.81. The molecule has 3 rings (SSSR count). The van der Waals surface area contributed by atoms with Crippen LogP contribution in [-0.2, 0) is 22.6 Å². The zero-order valence-electron chi connectivity index (χ0n) is 17.7. The lowest BCUT2D eigenvalue weighted by Crippen LogP contribution is -2.44. The molecule has 0 atom stereocenters. The van der Waals surface area contributed by atoms with Crippen LogP contribution < -0.4 is 14.4 Å². The number of para-hydroxylation sites is 1. The molecule has 0 saturated carbocycles. The van der Waals surface area contributed by atoms with Crippen molar-refractivity contribution < 1.29 is 19.1 Å². The smallest absolute Gasteiger partial charge is 0.242 e. The minimum absolute atomic E-state index is 0.0314. The third kappa shape index (κ3) is 4.21. The number of benzene rings is 2. The van der Waals surface area contributed by atoms with Crippen molar-refractivity contribution in [1.82, 2.24) is 4.90 Å². The lowest BCUT2D eigenvalue weighted by Gasteiger charge is -2.32. The molecule has 0 spiro atoms. The van der Waals surface area contributed by atoms with Crippen LogP contribution in [0.3, 0.4) is 0 Å². The van der Waals surface area contributed by atoms with E-state index in [1.807, 2.05) is 44.2 Å². The predicted octanol–water partition coefficient (Wildman–Crippen LogP) is 3.26. The minimum atomic E-state index is -0.139. The van der Waals surface area contributed by atoms with Gasteiger partial charge in [0, 0.05) is 20.0 Å². The van der Waals surface area contributed by atoms with Crippen molar-refractivity contribution >= 4 is 17.5 Å². The molecule has 6 nitrogen and oxygen atoms in total. The first-order chi connectivity index (χ1) is 13.8. The molecule has 0 N–H and O–H groups in total. The van der Waals surface area contributed by atoms with E-state index >= 15 is 0 Å². The second-order valence-electron chi connectivity index (χ2n) is 7.39. The number of ether oxygens (including phenoxy) is 2. The average Bonchev–Trinajstić information content (AvgIpc) is 2.70. The Morgan fingerprint density at radius 3 is 2.17 bits per heavy atom. The van der Waals surface area contributed by atoms with Gasteiger partial charge in [0.2, 0.25) is 11.8 Å². The molecule has 29 heavy (non-hydrogen) atoms. The molecule has 0 saturated heterocycles. The first-order valence-corrected chi connectivity index (χ1v) is 9.71. The lowest BCUT2D eigenvalue weighted by atomic mass is 9.98. The second kappa shape index (κ2) is 8.55. The van der Waals surface area contributed by atoms with Gasteiger partial charge in [0.05, 0.1) is 19.9 Å². The van der Waals surface area contributed by atoms with E-state index in [0.29, 0.717) is 24.6 Å². The summed E-state index contributed by atoms with van der Waals surface area (Å²) in [5, 5.41) is 0. The summed E-state index contributed by atoms with van der Waals surface area (Å²) in [6.07, 6.45) is 0.741. The molecule has 0 aromatic heterocycles. The van der Waals surface area contributed by atoms with E-state index in [1.165, 1.54) is 6.92 Å². The highest BCUT2D eigenvalue weighted by atomic mass is 16.5. The maximum atomic E-state index is 13.1. The van der Waals surface area contributed by atoms with Gasteiger partial charge in [-0.2, -0.15) is 0 Å². The molecule has 6 heteroatoms. The van der Waals surface area contributed by atoms with Gasteiger partial charge in [-0.3, -0.25) is 9.59 Å². The summed E-state index contributed by atoms with van der Waals surface area (Å²) in [7, 11) is 3.22. The topological polar surface area (TPSA) is 59.1 Å². The van der Waals surface area contributed by atoms with E-state index in [0.717, 1.165) is 34.4 Å². The third-order valence-electron chi connectivity index (χ3n) is 5.45. The van der Waals surface area contributed by atoms with Crippen molar-refractivity contribution in [3.8, 4) is 11.5 Å². The Labute approximate surface area is 172 Å². The molecule has 154 valence electrons. The molecule has 0 radical (unpaired) electrons. The Hall–Kier alpha value is -3.02. The summed E-state index contributed by atoms with van der Waals surface area (Å²) in [5.41, 5.74) is 4.98. The minimum Gasteiger partial charge on any atom is -0.493 e. The number of methoxy groups -OCH3 is 2. The highest BCUT2D eigenvalue weighted by Gasteiger charge is 2.26. The van der Waals surface area contributed by atoms with Gasteiger partial charge in [0.25, 0.3) is 0 Å². The molecular formula is C23H28N2O4. The molecule has 0 bridgehead atoms. The summed E-state index contributed by atoms with van der Waals surface area (Å²) in [6, 6.07) is 9.78. The number of amides is 2. The van der Waals surface area contributed by atoms with E-state index in [4.69, 9.17) is 9.47 Å². The number of carbonyl (C=O) groups is 2. The van der Waals surface area contributed by atoms with Crippen molar-refractivity contribution in [1.29, 1.82) is 0 Å². The van der Waals surface area contributed by atoms with E-state index in [9.17, 15) is 9.59 Å². The van der Waals surface area contributed by atoms with E-state index in [2.05, 4.69) is 0 Å². The molecule has 0 unspecified atom stereocenters. The van der Waals surface area contributed by atoms with Gasteiger partial charge in [-0.1, -0.05) is 18.2 Å². The standard InChI is InChI=1S/C23H28N2O4/c1-15-7-6-8-16(2)23(15)25(17(3)26)14-22(27)24-10-9-18-11-20(28-4)21(29-5)12-19(18)13-24/h6-8,11-12H,9-10,13-14H2,1-5H3. The molecular weight excluding hydrogens is 368 g/mol. The maximum absolute atomic E-state index is 13.1. The zero-order chi connectivity index (χ0) is 21.1. The summed E-state index contributed by atoms with van der Waals surface area (Å²) in [5.74, 6) is 1.15. The molecule has 1 aliphatic rings. The van der Waals surface area contributed by atoms with Gasteiger partial charge < -0.3 is 19.3 Å². The summed E-state index contributed by atoms with van der Waals surface area (Å²) in [6.45, 7) is 6.55. The van der Waals surface area contributed by atoms with Gasteiger partial charge in [0.1, 0.15) is 6.54 Å². The van der Waals surface area contributed by atoms with Crippen molar-refractivity contribution in [2.45, 2.75) is 33.7 Å². The van der Waals surface area contributed by atoms with Crippen molar-refractivity contribution in [2.75, 3.05) is 32.2 Å². The Kier molecular flexibility index (Phi) is 6.11. The number of anilines is 1. The van der Waals surface area contributed by atoms with Gasteiger partial charge in [-0.05, 0) is 54.7 Å². The molecule has 1 heterocycles. The molecule has 2 aromatic carbocycles. The van der Waals surface area contributed by atoms with Crippen molar-refractivity contribution in [3.63, 3.8) is 0 Å². The SMILES string of the molecule is COc1cc2c(cc1OC)CN(C(=O)CN(C(C)=O)c1c(C)cccc1C)CC2. The Bertz CT molecular complexity index is 918. The first-order valence-electron chi connectivity index (χ1n) is 9.71. The highest BCUT2D eigenvalue weighted by molar-refractivity contribution is 5.98. The van der Waals surface area contributed by atoms with Gasteiger partial charge >= 0.3 is 0 Å². The van der Waals surface area contributed by atoms with Gasteiger partial charge in [0.15, 0.2) is 11.5 Å². The largest absolute Gasteiger partial charge is 0.493 e. The van der Waals surface area contributed by atoms with Crippen molar-refractivity contribution in [3.05, 3.63) is 52.6 Å². The molecule has 1 aliphatic heterocycles. The molecule has 0 aliphatic carbocycles. The third-order valence-corrected chi connectivity index (χ3v) is 5.45. The number of hydrogen-bond donors (Lipinski definition) is 0. The number of aryl methyl sites for hydroxylation is 2. The van der Waals surface area contributed by atoms with Crippen LogP contribution in [0.25, 0.3) is 0 Å². The zero-order valence-corrected chi connectivity index (χ0v) is 17.7. The van der Waals surface area contributed by atoms with Gasteiger partial charge in [-0.15, -0.1) is 0 Å². The molecule has 0 fully saturated rings. The summed E-state index contributed by atoms with van der Waals surface area (Å²) < 4.78 is 10.8. The quantitative estimate of drug-likeness (QED) is 0.778. The van der Waals surface area contributed by atoms with Crippen molar-refractivity contribution in [2.24, 2.45) is 0 Å². The first kappa shape index (κ1) is 20.7. The monoisotopic (exact) mass is 396 g/mol. The highest BCUT2D eigenvalue weighted by Crippen LogP contribution is 2.33. The number of hydrogen-bond acceptors (Lipinski definition) is 4. The fraction of sp³-hybridized carbons (Fsp3) is 0.391. The molecule has 2 aromatic rings. The number of nitrogens with zero attached hydrogens (tertiary/aromatic N) is 2. The Morgan fingerprint density at radius 2 is 1.62 bits per heavy atom. The molecule has 2 amide bonds. The van der Waals surface area contributed by atoms with Crippen LogP contribution in [0.4, 0.5) is 5.69 Å². The fourth-order valence-electron chi connectivity index (χ4n) is 3.91. The van der Waals surface area contributed by atoms with Crippen LogP contribution in [0.2, 0.25) is 0 Å². The van der Waals surface area contributed by atoms with Crippen LogP contribution in [0, 0.1) is 13.8 Å². The number of rotatable bonds is 5. The lowest BCUT2D eigenvalue weighted by molar-refractivity contribution is -0.132. The van der Waals surface area contributed by atoms with Crippen LogP contribution in [-0.4, -0.2) is 44.0 Å². The van der Waals surface area contributed by atoms with Crippen LogP contribution >= 0.6 is 0 Å².